The molecule has 17 heavy (non-hydrogen) atoms. The Labute approximate surface area is 99.8 Å². The molecular weight excluding hydrogens is 244 g/mol. The minimum absolute atomic E-state index is 0.0633. The summed E-state index contributed by atoms with van der Waals surface area (Å²) in [6, 6.07) is 6.25. The van der Waals surface area contributed by atoms with Crippen LogP contribution in [0.3, 0.4) is 0 Å². The first-order chi connectivity index (χ1) is 7.98. The molecule has 0 amide bonds. The number of carbonyl (C=O) groups is 1. The summed E-state index contributed by atoms with van der Waals surface area (Å²) in [6.45, 7) is 1.24. The molecule has 0 unspecified atom stereocenters. The quantitative estimate of drug-likeness (QED) is 0.585. The maximum Gasteiger partial charge on any atom is 0.325 e. The Morgan fingerprint density at radius 1 is 1.41 bits per heavy atom. The summed E-state index contributed by atoms with van der Waals surface area (Å²) in [4.78, 5) is 11.0. The highest BCUT2D eigenvalue weighted by molar-refractivity contribution is 7.92. The molecule has 0 saturated carbocycles. The maximum atomic E-state index is 11.4. The van der Waals surface area contributed by atoms with Gasteiger partial charge in [-0.1, -0.05) is 12.1 Å². The van der Waals surface area contributed by atoms with Gasteiger partial charge in [-0.15, -0.1) is 0 Å². The zero-order chi connectivity index (χ0) is 12.9. The molecule has 0 aliphatic carbocycles. The minimum Gasteiger partial charge on any atom is -0.423 e. The van der Waals surface area contributed by atoms with Gasteiger partial charge in [0.15, 0.2) is 5.75 Å². The van der Waals surface area contributed by atoms with E-state index < -0.39 is 16.0 Å². The summed E-state index contributed by atoms with van der Waals surface area (Å²) in [5.74, 6) is -0.556. The average Bonchev–Trinajstić information content (AvgIpc) is 2.31. The Morgan fingerprint density at radius 2 is 2.06 bits per heavy atom. The molecule has 3 N–H and O–H groups in total. The van der Waals surface area contributed by atoms with Crippen LogP contribution in [0.25, 0.3) is 0 Å². The summed E-state index contributed by atoms with van der Waals surface area (Å²) in [5, 5.41) is 0. The van der Waals surface area contributed by atoms with Crippen LogP contribution in [0.1, 0.15) is 6.92 Å². The van der Waals surface area contributed by atoms with Crippen molar-refractivity contribution in [1.82, 2.24) is 0 Å². The number of nitrogens with one attached hydrogen (secondary N) is 1. The first kappa shape index (κ1) is 13.5. The highest BCUT2D eigenvalue weighted by atomic mass is 32.2. The number of esters is 1. The number of hydrogen-bond acceptors (Lipinski definition) is 5. The molecule has 94 valence electrons. The molecule has 0 bridgehead atoms. The van der Waals surface area contributed by atoms with E-state index in [1.807, 2.05) is 0 Å². The first-order valence-corrected chi connectivity index (χ1v) is 6.64. The lowest BCUT2D eigenvalue weighted by Crippen LogP contribution is -2.21. The average molecular weight is 258 g/mol. The molecule has 0 fully saturated rings. The number of anilines is 1. The lowest BCUT2D eigenvalue weighted by Gasteiger charge is -2.11. The van der Waals surface area contributed by atoms with Crippen LogP contribution in [0.4, 0.5) is 5.69 Å². The minimum atomic E-state index is -3.41. The van der Waals surface area contributed by atoms with Gasteiger partial charge in [0.2, 0.25) is 10.0 Å². The molecule has 0 saturated heterocycles. The van der Waals surface area contributed by atoms with Gasteiger partial charge in [-0.05, 0) is 19.1 Å². The number of nitrogens with two attached hydrogens (primary N) is 1. The van der Waals surface area contributed by atoms with Gasteiger partial charge in [-0.2, -0.15) is 0 Å². The molecule has 0 aliphatic rings. The van der Waals surface area contributed by atoms with Crippen LogP contribution >= 0.6 is 0 Å². The van der Waals surface area contributed by atoms with Gasteiger partial charge in [0.1, 0.15) is 0 Å². The Balaban J connectivity index is 2.96. The molecule has 0 aromatic heterocycles. The van der Waals surface area contributed by atoms with Gasteiger partial charge in [0.05, 0.1) is 18.0 Å². The van der Waals surface area contributed by atoms with Gasteiger partial charge < -0.3 is 10.5 Å². The van der Waals surface area contributed by atoms with Crippen molar-refractivity contribution in [2.45, 2.75) is 6.92 Å². The summed E-state index contributed by atoms with van der Waals surface area (Å²) >= 11 is 0. The third-order valence-corrected chi connectivity index (χ3v) is 3.21. The van der Waals surface area contributed by atoms with Crippen LogP contribution in [0.2, 0.25) is 0 Å². The zero-order valence-electron chi connectivity index (χ0n) is 9.34. The summed E-state index contributed by atoms with van der Waals surface area (Å²) in [7, 11) is -3.41. The molecule has 0 spiro atoms. The Hall–Kier alpha value is -1.60. The molecule has 0 aliphatic heterocycles. The molecule has 6 nitrogen and oxygen atoms in total. The summed E-state index contributed by atoms with van der Waals surface area (Å²) < 4.78 is 30.0. The fraction of sp³-hybridized carbons (Fsp3) is 0.300. The van der Waals surface area contributed by atoms with Crippen molar-refractivity contribution in [3.8, 4) is 5.75 Å². The van der Waals surface area contributed by atoms with E-state index in [0.717, 1.165) is 0 Å². The van der Waals surface area contributed by atoms with Gasteiger partial charge in [0.25, 0.3) is 0 Å². The third-order valence-electron chi connectivity index (χ3n) is 1.92. The van der Waals surface area contributed by atoms with Gasteiger partial charge >= 0.3 is 5.97 Å². The number of para-hydroxylation sites is 2. The molecule has 0 heterocycles. The number of hydrogen-bond donors (Lipinski definition) is 2. The third kappa shape index (κ3) is 4.04. The first-order valence-electron chi connectivity index (χ1n) is 4.98. The van der Waals surface area contributed by atoms with E-state index in [1.165, 1.54) is 19.1 Å². The fourth-order valence-electron chi connectivity index (χ4n) is 1.04. The molecule has 1 aromatic rings. The number of carbonyl (C=O) groups excluding carboxylic acids is 1. The standard InChI is InChI=1S/C10H14N2O4S/c1-2-17(14,15)12-8-5-3-4-6-9(8)16-10(13)7-11/h3-6,12H,2,7,11H2,1H3. The van der Waals surface area contributed by atoms with E-state index in [1.54, 1.807) is 12.1 Å². The monoisotopic (exact) mass is 258 g/mol. The molecule has 1 rings (SSSR count). The van der Waals surface area contributed by atoms with E-state index in [-0.39, 0.29) is 23.7 Å². The molecule has 7 heteroatoms. The SMILES string of the molecule is CCS(=O)(=O)Nc1ccccc1OC(=O)CN. The highest BCUT2D eigenvalue weighted by Gasteiger charge is 2.12. The lowest BCUT2D eigenvalue weighted by molar-refractivity contribution is -0.132. The van der Waals surface area contributed by atoms with Crippen molar-refractivity contribution < 1.29 is 17.9 Å². The van der Waals surface area contributed by atoms with Gasteiger partial charge in [-0.25, -0.2) is 8.42 Å². The second-order valence-electron chi connectivity index (χ2n) is 3.18. The number of sulfonamides is 1. The molecule has 1 aromatic carbocycles. The van der Waals surface area contributed by atoms with E-state index in [2.05, 4.69) is 4.72 Å². The van der Waals surface area contributed by atoms with Crippen molar-refractivity contribution in [3.05, 3.63) is 24.3 Å². The number of ether oxygens (including phenoxy) is 1. The van der Waals surface area contributed by atoms with Gasteiger partial charge in [-0.3, -0.25) is 9.52 Å². The normalized spacial score (nSPS) is 10.9. The molecule has 0 atom stereocenters. The second-order valence-corrected chi connectivity index (χ2v) is 5.19. The van der Waals surface area contributed by atoms with Crippen molar-refractivity contribution in [1.29, 1.82) is 0 Å². The van der Waals surface area contributed by atoms with E-state index >= 15 is 0 Å². The Kier molecular flexibility index (Phi) is 4.47. The topological polar surface area (TPSA) is 98.5 Å². The van der Waals surface area contributed by atoms with E-state index in [0.29, 0.717) is 0 Å². The van der Waals surface area contributed by atoms with Crippen molar-refractivity contribution in [3.63, 3.8) is 0 Å². The number of rotatable bonds is 5. The van der Waals surface area contributed by atoms with Crippen molar-refractivity contribution >= 4 is 21.7 Å². The van der Waals surface area contributed by atoms with Crippen LogP contribution in [0.15, 0.2) is 24.3 Å². The summed E-state index contributed by atoms with van der Waals surface area (Å²) in [6.07, 6.45) is 0. The zero-order valence-corrected chi connectivity index (χ0v) is 10.2. The van der Waals surface area contributed by atoms with E-state index in [4.69, 9.17) is 10.5 Å². The second kappa shape index (κ2) is 5.65. The highest BCUT2D eigenvalue weighted by Crippen LogP contribution is 2.24. The van der Waals surface area contributed by atoms with Crippen molar-refractivity contribution in [2.75, 3.05) is 17.0 Å². The van der Waals surface area contributed by atoms with Crippen LogP contribution < -0.4 is 15.2 Å². The van der Waals surface area contributed by atoms with Crippen LogP contribution in [-0.2, 0) is 14.8 Å². The Morgan fingerprint density at radius 3 is 2.65 bits per heavy atom. The van der Waals surface area contributed by atoms with Crippen LogP contribution in [0, 0.1) is 0 Å². The fourth-order valence-corrected chi connectivity index (χ4v) is 1.69. The maximum absolute atomic E-state index is 11.4. The van der Waals surface area contributed by atoms with Crippen LogP contribution in [0.5, 0.6) is 5.75 Å². The summed E-state index contributed by atoms with van der Waals surface area (Å²) in [5.41, 5.74) is 5.33. The van der Waals surface area contributed by atoms with E-state index in [9.17, 15) is 13.2 Å². The predicted molar refractivity (Wildman–Crippen MR) is 64.2 cm³/mol. The Bertz CT molecular complexity index is 499. The molecular formula is C10H14N2O4S. The van der Waals surface area contributed by atoms with Crippen molar-refractivity contribution in [2.24, 2.45) is 5.73 Å². The predicted octanol–water partition coefficient (Wildman–Crippen LogP) is 0.312. The van der Waals surface area contributed by atoms with Crippen LogP contribution in [-0.4, -0.2) is 26.7 Å². The van der Waals surface area contributed by atoms with Gasteiger partial charge in [0, 0.05) is 0 Å². The largest absolute Gasteiger partial charge is 0.423 e. The molecule has 0 radical (unpaired) electrons. The smallest absolute Gasteiger partial charge is 0.325 e. The number of benzene rings is 1. The lowest BCUT2D eigenvalue weighted by atomic mass is 10.3.